The Morgan fingerprint density at radius 3 is 2.65 bits per heavy atom. The number of carbonyl (C=O) groups is 1. The summed E-state index contributed by atoms with van der Waals surface area (Å²) < 4.78 is 10.8. The van der Waals surface area contributed by atoms with Crippen LogP contribution in [0.3, 0.4) is 0 Å². The van der Waals surface area contributed by atoms with Crippen molar-refractivity contribution in [1.82, 2.24) is 15.3 Å². The summed E-state index contributed by atoms with van der Waals surface area (Å²) in [6, 6.07) is 5.78. The van der Waals surface area contributed by atoms with Crippen molar-refractivity contribution in [1.29, 1.82) is 0 Å². The van der Waals surface area contributed by atoms with Crippen LogP contribution in [0.5, 0.6) is 11.5 Å². The maximum Gasteiger partial charge on any atom is 0.225 e. The van der Waals surface area contributed by atoms with E-state index < -0.39 is 0 Å². The highest BCUT2D eigenvalue weighted by Gasteiger charge is 2.27. The predicted molar refractivity (Wildman–Crippen MR) is 136 cm³/mol. The lowest BCUT2D eigenvalue weighted by molar-refractivity contribution is -0.119. The Bertz CT molecular complexity index is 981. The van der Waals surface area contributed by atoms with E-state index >= 15 is 0 Å². The number of aromatic nitrogens is 2. The summed E-state index contributed by atoms with van der Waals surface area (Å²) in [5.41, 5.74) is 3.00. The van der Waals surface area contributed by atoms with Crippen LogP contribution in [0.1, 0.15) is 69.7 Å². The van der Waals surface area contributed by atoms with Gasteiger partial charge in [-0.1, -0.05) is 19.8 Å². The Morgan fingerprint density at radius 1 is 1.15 bits per heavy atom. The highest BCUT2D eigenvalue weighted by molar-refractivity contribution is 5.73. The van der Waals surface area contributed by atoms with Crippen molar-refractivity contribution < 1.29 is 14.3 Å². The van der Waals surface area contributed by atoms with Gasteiger partial charge < -0.3 is 25.4 Å². The molecular weight excluding hydrogens is 430 g/mol. The summed E-state index contributed by atoms with van der Waals surface area (Å²) >= 11 is 0. The zero-order valence-corrected chi connectivity index (χ0v) is 21.2. The second-order valence-corrected chi connectivity index (χ2v) is 9.26. The molecule has 186 valence electrons. The van der Waals surface area contributed by atoms with Crippen molar-refractivity contribution >= 4 is 17.7 Å². The van der Waals surface area contributed by atoms with Gasteiger partial charge in [0.2, 0.25) is 11.9 Å². The third-order valence-electron chi connectivity index (χ3n) is 6.34. The Kier molecular flexibility index (Phi) is 8.96. The van der Waals surface area contributed by atoms with Gasteiger partial charge in [0.1, 0.15) is 17.3 Å². The van der Waals surface area contributed by atoms with Crippen molar-refractivity contribution in [2.75, 3.05) is 31.4 Å². The van der Waals surface area contributed by atoms with E-state index in [-0.39, 0.29) is 11.4 Å². The number of nitrogens with zero attached hydrogens (tertiary/aromatic N) is 2. The number of carbonyl (C=O) groups excluding carboxylic acids is 1. The number of hydrogen-bond acceptors (Lipinski definition) is 7. The van der Waals surface area contributed by atoms with Crippen LogP contribution >= 0.6 is 0 Å². The van der Waals surface area contributed by atoms with E-state index in [9.17, 15) is 4.79 Å². The van der Waals surface area contributed by atoms with Gasteiger partial charge in [0.15, 0.2) is 0 Å². The molecular formula is C26H39N5O3. The van der Waals surface area contributed by atoms with Crippen molar-refractivity contribution in [2.24, 2.45) is 0 Å². The molecule has 3 N–H and O–H groups in total. The number of fused-ring (bicyclic) bond motifs is 1. The molecule has 1 aromatic carbocycles. The van der Waals surface area contributed by atoms with E-state index in [0.717, 1.165) is 73.5 Å². The first-order chi connectivity index (χ1) is 16.4. The smallest absolute Gasteiger partial charge is 0.225 e. The SMILES string of the molecule is CCCCC(C)(CNC(C)=O)Nc1nc(NCc2ccc(OC)cc2OC)nc2c1CCCC2. The molecule has 2 aromatic rings. The van der Waals surface area contributed by atoms with E-state index in [0.29, 0.717) is 19.0 Å². The van der Waals surface area contributed by atoms with Crippen molar-refractivity contribution in [3.63, 3.8) is 0 Å². The largest absolute Gasteiger partial charge is 0.497 e. The monoisotopic (exact) mass is 469 g/mol. The molecule has 1 atom stereocenters. The maximum atomic E-state index is 11.6. The molecule has 0 saturated carbocycles. The second-order valence-electron chi connectivity index (χ2n) is 9.26. The van der Waals surface area contributed by atoms with Crippen LogP contribution in [-0.4, -0.2) is 42.2 Å². The van der Waals surface area contributed by atoms with Crippen LogP contribution in [0.25, 0.3) is 0 Å². The topological polar surface area (TPSA) is 97.4 Å². The lowest BCUT2D eigenvalue weighted by Gasteiger charge is -2.33. The Balaban J connectivity index is 1.86. The molecule has 0 saturated heterocycles. The van der Waals surface area contributed by atoms with Crippen LogP contribution in [0.15, 0.2) is 18.2 Å². The Labute approximate surface area is 203 Å². The standard InChI is InChI=1S/C26H39N5O3/c1-6-7-14-26(3,17-28-18(2)32)31-24-21-10-8-9-11-22(21)29-25(30-24)27-16-19-12-13-20(33-4)15-23(19)34-5/h12-13,15H,6-11,14,16-17H2,1-5H3,(H,28,32)(H2,27,29,30,31). The van der Waals surface area contributed by atoms with E-state index in [1.807, 2.05) is 18.2 Å². The zero-order chi connectivity index (χ0) is 24.6. The van der Waals surface area contributed by atoms with Crippen molar-refractivity contribution in [3.05, 3.63) is 35.0 Å². The molecule has 0 fully saturated rings. The second kappa shape index (κ2) is 11.9. The first-order valence-corrected chi connectivity index (χ1v) is 12.2. The van der Waals surface area contributed by atoms with Crippen molar-refractivity contribution in [3.8, 4) is 11.5 Å². The first-order valence-electron chi connectivity index (χ1n) is 12.2. The number of benzene rings is 1. The minimum Gasteiger partial charge on any atom is -0.497 e. The quantitative estimate of drug-likeness (QED) is 0.422. The van der Waals surface area contributed by atoms with Crippen LogP contribution in [0.2, 0.25) is 0 Å². The lowest BCUT2D eigenvalue weighted by atomic mass is 9.92. The third kappa shape index (κ3) is 6.74. The van der Waals surface area contributed by atoms with Crippen LogP contribution in [-0.2, 0) is 24.2 Å². The normalized spacial score (nSPS) is 14.5. The molecule has 0 spiro atoms. The number of unbranched alkanes of at least 4 members (excludes halogenated alkanes) is 1. The number of hydrogen-bond donors (Lipinski definition) is 3. The number of aryl methyl sites for hydroxylation is 1. The average molecular weight is 470 g/mol. The van der Waals surface area contributed by atoms with Gasteiger partial charge in [0, 0.05) is 37.2 Å². The van der Waals surface area contributed by atoms with Gasteiger partial charge in [0.25, 0.3) is 0 Å². The number of nitrogens with one attached hydrogen (secondary N) is 3. The van der Waals surface area contributed by atoms with Gasteiger partial charge in [-0.15, -0.1) is 0 Å². The predicted octanol–water partition coefficient (Wildman–Crippen LogP) is 4.48. The van der Waals surface area contributed by atoms with Gasteiger partial charge in [-0.25, -0.2) is 4.98 Å². The Hall–Kier alpha value is -3.03. The number of methoxy groups -OCH3 is 2. The average Bonchev–Trinajstić information content (AvgIpc) is 2.85. The fourth-order valence-corrected chi connectivity index (χ4v) is 4.32. The summed E-state index contributed by atoms with van der Waals surface area (Å²) in [6.45, 7) is 6.98. The highest BCUT2D eigenvalue weighted by atomic mass is 16.5. The molecule has 8 heteroatoms. The van der Waals surface area contributed by atoms with E-state index in [4.69, 9.17) is 19.4 Å². The molecule has 1 aliphatic carbocycles. The third-order valence-corrected chi connectivity index (χ3v) is 6.34. The van der Waals surface area contributed by atoms with E-state index in [1.165, 1.54) is 5.56 Å². The summed E-state index contributed by atoms with van der Waals surface area (Å²) in [7, 11) is 3.30. The molecule has 34 heavy (non-hydrogen) atoms. The first kappa shape index (κ1) is 25.6. The summed E-state index contributed by atoms with van der Waals surface area (Å²) in [6.07, 6.45) is 7.29. The summed E-state index contributed by atoms with van der Waals surface area (Å²) in [5, 5.41) is 10.1. The molecule has 1 unspecified atom stereocenters. The maximum absolute atomic E-state index is 11.6. The highest BCUT2D eigenvalue weighted by Crippen LogP contribution is 2.31. The molecule has 0 aliphatic heterocycles. The molecule has 1 aromatic heterocycles. The number of rotatable bonds is 12. The van der Waals surface area contributed by atoms with Gasteiger partial charge in [-0.3, -0.25) is 4.79 Å². The molecule has 1 amide bonds. The minimum absolute atomic E-state index is 0.0231. The van der Waals surface area contributed by atoms with Crippen LogP contribution in [0.4, 0.5) is 11.8 Å². The van der Waals surface area contributed by atoms with Crippen molar-refractivity contribution in [2.45, 2.75) is 77.8 Å². The minimum atomic E-state index is -0.294. The number of anilines is 2. The number of ether oxygens (including phenoxy) is 2. The van der Waals surface area contributed by atoms with Crippen LogP contribution in [0, 0.1) is 0 Å². The van der Waals surface area contributed by atoms with Gasteiger partial charge in [0.05, 0.1) is 25.5 Å². The molecule has 1 aliphatic rings. The lowest BCUT2D eigenvalue weighted by Crippen LogP contribution is -2.46. The molecule has 0 radical (unpaired) electrons. The summed E-state index contributed by atoms with van der Waals surface area (Å²) in [5.74, 6) is 2.95. The molecule has 3 rings (SSSR count). The molecule has 0 bridgehead atoms. The van der Waals surface area contributed by atoms with Gasteiger partial charge in [-0.2, -0.15) is 4.98 Å². The number of amides is 1. The molecule has 1 heterocycles. The fourth-order valence-electron chi connectivity index (χ4n) is 4.32. The molecule has 8 nitrogen and oxygen atoms in total. The zero-order valence-electron chi connectivity index (χ0n) is 21.2. The van der Waals surface area contributed by atoms with E-state index in [1.54, 1.807) is 21.1 Å². The fraction of sp³-hybridized carbons (Fsp3) is 0.577. The van der Waals surface area contributed by atoms with Gasteiger partial charge >= 0.3 is 0 Å². The van der Waals surface area contributed by atoms with Gasteiger partial charge in [-0.05, 0) is 51.2 Å². The van der Waals surface area contributed by atoms with Crippen LogP contribution < -0.4 is 25.4 Å². The van der Waals surface area contributed by atoms with E-state index in [2.05, 4.69) is 29.8 Å². The summed E-state index contributed by atoms with van der Waals surface area (Å²) in [4.78, 5) is 21.4. The Morgan fingerprint density at radius 2 is 1.94 bits per heavy atom.